The van der Waals surface area contributed by atoms with E-state index in [4.69, 9.17) is 10.1 Å². The lowest BCUT2D eigenvalue weighted by Crippen LogP contribution is -2.46. The lowest BCUT2D eigenvalue weighted by molar-refractivity contribution is -0.136. The van der Waals surface area contributed by atoms with Crippen LogP contribution in [0.2, 0.25) is 0 Å². The van der Waals surface area contributed by atoms with E-state index in [9.17, 15) is 14.4 Å². The van der Waals surface area contributed by atoms with Crippen molar-refractivity contribution in [3.63, 3.8) is 0 Å². The number of nitrogens with zero attached hydrogens (tertiary/aromatic N) is 2. The van der Waals surface area contributed by atoms with E-state index >= 15 is 0 Å². The first-order chi connectivity index (χ1) is 17.3. The van der Waals surface area contributed by atoms with Gasteiger partial charge in [-0.05, 0) is 55.7 Å². The molecule has 0 fully saturated rings. The fourth-order valence-electron chi connectivity index (χ4n) is 4.60. The Morgan fingerprint density at radius 3 is 2.24 bits per heavy atom. The van der Waals surface area contributed by atoms with Crippen molar-refractivity contribution < 1.29 is 19.5 Å². The van der Waals surface area contributed by atoms with E-state index in [1.807, 2.05) is 61.2 Å². The molecule has 0 aromatic heterocycles. The van der Waals surface area contributed by atoms with Gasteiger partial charge in [0.05, 0.1) is 12.5 Å². The number of nitrogens with one attached hydrogen (secondary N) is 1. The quantitative estimate of drug-likeness (QED) is 0.448. The second-order valence-electron chi connectivity index (χ2n) is 11.2. The van der Waals surface area contributed by atoms with Crippen LogP contribution in [0.1, 0.15) is 88.3 Å². The molecule has 2 aromatic rings. The minimum atomic E-state index is -0.961. The summed E-state index contributed by atoms with van der Waals surface area (Å²) in [7, 11) is 0. The summed E-state index contributed by atoms with van der Waals surface area (Å²) in [4.78, 5) is 43.8. The molecule has 7 nitrogen and oxygen atoms in total. The average Bonchev–Trinajstić information content (AvgIpc) is 3.12. The second kappa shape index (κ2) is 11.3. The fraction of sp³-hybridized carbons (Fsp3) is 0.467. The average molecular weight is 506 g/mol. The molecule has 0 aliphatic carbocycles. The van der Waals surface area contributed by atoms with Crippen LogP contribution in [0, 0.1) is 11.3 Å². The molecule has 2 aromatic carbocycles. The Kier molecular flexibility index (Phi) is 8.57. The molecule has 2 unspecified atom stereocenters. The summed E-state index contributed by atoms with van der Waals surface area (Å²) in [6.07, 6.45) is 1.54. The van der Waals surface area contributed by atoms with Crippen LogP contribution in [-0.2, 0) is 9.59 Å². The van der Waals surface area contributed by atoms with Gasteiger partial charge in [-0.2, -0.15) is 0 Å². The topological polar surface area (TPSA) is 99.1 Å². The predicted octanol–water partition coefficient (Wildman–Crippen LogP) is 5.46. The maximum Gasteiger partial charge on any atom is 0.305 e. The van der Waals surface area contributed by atoms with Crippen molar-refractivity contribution in [1.82, 2.24) is 10.2 Å². The number of hydrogen-bond donors (Lipinski definition) is 2. The molecule has 7 heteroatoms. The monoisotopic (exact) mass is 505 g/mol. The third kappa shape index (κ3) is 6.64. The first-order valence-corrected chi connectivity index (χ1v) is 12.9. The molecule has 3 atom stereocenters. The van der Waals surface area contributed by atoms with Gasteiger partial charge in [-0.15, -0.1) is 0 Å². The zero-order valence-electron chi connectivity index (χ0n) is 22.7. The maximum absolute atomic E-state index is 13.8. The molecule has 1 aliphatic heterocycles. The molecule has 1 aliphatic rings. The molecule has 0 spiro atoms. The van der Waals surface area contributed by atoms with Gasteiger partial charge in [0.15, 0.2) is 0 Å². The highest BCUT2D eigenvalue weighted by Crippen LogP contribution is 2.40. The van der Waals surface area contributed by atoms with Crippen LogP contribution in [0.4, 0.5) is 0 Å². The Hall–Kier alpha value is -3.48. The van der Waals surface area contributed by atoms with Crippen molar-refractivity contribution in [2.75, 3.05) is 6.54 Å². The largest absolute Gasteiger partial charge is 0.481 e. The van der Waals surface area contributed by atoms with Crippen molar-refractivity contribution in [2.24, 2.45) is 16.3 Å². The van der Waals surface area contributed by atoms with E-state index < -0.39 is 11.6 Å². The normalized spacial score (nSPS) is 19.4. The number of aliphatic imine (C=N–C) groups is 1. The zero-order chi connectivity index (χ0) is 27.4. The number of rotatable bonds is 10. The van der Waals surface area contributed by atoms with E-state index in [2.05, 4.69) is 33.0 Å². The standard InChI is InChI=1S/C30H39N3O4/c1-20(29(3,4)5)16-18-30(6)32-26(23-10-8-7-9-11-23)28(37)33(30)21(2)22-12-14-24(15-13-22)27(36)31-19-17-25(34)35/h7-15,20-21H,16-19H2,1-6H3,(H,31,36)(H,34,35)/t20?,21-,30?/m1/s1. The molecule has 2 amide bonds. The van der Waals surface area contributed by atoms with Gasteiger partial charge in [0.2, 0.25) is 0 Å². The van der Waals surface area contributed by atoms with Crippen molar-refractivity contribution in [3.8, 4) is 0 Å². The number of benzene rings is 2. The van der Waals surface area contributed by atoms with Crippen molar-refractivity contribution >= 4 is 23.5 Å². The summed E-state index contributed by atoms with van der Waals surface area (Å²) in [6, 6.07) is 16.4. The molecular formula is C30H39N3O4. The van der Waals surface area contributed by atoms with Gasteiger partial charge in [-0.1, -0.05) is 70.2 Å². The lowest BCUT2D eigenvalue weighted by atomic mass is 9.78. The van der Waals surface area contributed by atoms with E-state index in [1.54, 1.807) is 12.1 Å². The predicted molar refractivity (Wildman–Crippen MR) is 146 cm³/mol. The van der Waals surface area contributed by atoms with Gasteiger partial charge in [-0.25, -0.2) is 0 Å². The molecule has 3 rings (SSSR count). The highest BCUT2D eigenvalue weighted by molar-refractivity contribution is 6.46. The number of carboxylic acid groups (broad SMARTS) is 1. The van der Waals surface area contributed by atoms with Crippen LogP contribution < -0.4 is 5.32 Å². The van der Waals surface area contributed by atoms with Crippen LogP contribution >= 0.6 is 0 Å². The number of carbonyl (C=O) groups excluding carboxylic acids is 2. The molecule has 0 bridgehead atoms. The summed E-state index contributed by atoms with van der Waals surface area (Å²) in [5.74, 6) is -0.934. The van der Waals surface area contributed by atoms with E-state index in [0.29, 0.717) is 17.2 Å². The van der Waals surface area contributed by atoms with Gasteiger partial charge in [-0.3, -0.25) is 19.4 Å². The van der Waals surface area contributed by atoms with Crippen molar-refractivity contribution in [1.29, 1.82) is 0 Å². The summed E-state index contributed by atoms with van der Waals surface area (Å²) in [6.45, 7) is 13.1. The number of amides is 2. The zero-order valence-corrected chi connectivity index (χ0v) is 22.7. The molecule has 198 valence electrons. The Morgan fingerprint density at radius 2 is 1.68 bits per heavy atom. The maximum atomic E-state index is 13.8. The van der Waals surface area contributed by atoms with E-state index in [0.717, 1.165) is 24.0 Å². The molecule has 0 saturated carbocycles. The Labute approximate surface area is 220 Å². The minimum Gasteiger partial charge on any atom is -0.481 e. The number of hydrogen-bond acceptors (Lipinski definition) is 4. The van der Waals surface area contributed by atoms with Crippen LogP contribution in [-0.4, -0.2) is 45.7 Å². The summed E-state index contributed by atoms with van der Waals surface area (Å²) >= 11 is 0. The Morgan fingerprint density at radius 1 is 1.05 bits per heavy atom. The molecular weight excluding hydrogens is 466 g/mol. The van der Waals surface area contributed by atoms with Gasteiger partial charge in [0.1, 0.15) is 11.4 Å². The first kappa shape index (κ1) is 28.1. The highest BCUT2D eigenvalue weighted by atomic mass is 16.4. The second-order valence-corrected chi connectivity index (χ2v) is 11.2. The Bertz CT molecular complexity index is 1150. The lowest BCUT2D eigenvalue weighted by Gasteiger charge is -2.39. The van der Waals surface area contributed by atoms with Crippen molar-refractivity contribution in [2.45, 2.75) is 72.5 Å². The van der Waals surface area contributed by atoms with Crippen LogP contribution in [0.5, 0.6) is 0 Å². The third-order valence-electron chi connectivity index (χ3n) is 7.54. The summed E-state index contributed by atoms with van der Waals surface area (Å²) in [5, 5.41) is 11.4. The Balaban J connectivity index is 1.86. The number of aliphatic carboxylic acids is 1. The minimum absolute atomic E-state index is 0.0690. The number of carbonyl (C=O) groups is 3. The van der Waals surface area contributed by atoms with Gasteiger partial charge in [0, 0.05) is 17.7 Å². The van der Waals surface area contributed by atoms with E-state index in [1.165, 1.54) is 0 Å². The smallest absolute Gasteiger partial charge is 0.305 e. The van der Waals surface area contributed by atoms with E-state index in [-0.39, 0.29) is 36.2 Å². The van der Waals surface area contributed by atoms with Crippen LogP contribution in [0.15, 0.2) is 59.6 Å². The molecule has 37 heavy (non-hydrogen) atoms. The molecule has 1 heterocycles. The molecule has 2 N–H and O–H groups in total. The summed E-state index contributed by atoms with van der Waals surface area (Å²) < 4.78 is 0. The SMILES string of the molecule is CC(CCC1(C)N=C(c2ccccc2)C(=O)N1[C@H](C)c1ccc(C(=O)NCCC(=O)O)cc1)C(C)(C)C. The van der Waals surface area contributed by atoms with Crippen LogP contribution in [0.25, 0.3) is 0 Å². The van der Waals surface area contributed by atoms with Gasteiger partial charge in [0.25, 0.3) is 11.8 Å². The van der Waals surface area contributed by atoms with Crippen molar-refractivity contribution in [3.05, 3.63) is 71.3 Å². The fourth-order valence-corrected chi connectivity index (χ4v) is 4.60. The highest BCUT2D eigenvalue weighted by Gasteiger charge is 2.46. The third-order valence-corrected chi connectivity index (χ3v) is 7.54. The summed E-state index contributed by atoms with van der Waals surface area (Å²) in [5.41, 5.74) is 2.08. The van der Waals surface area contributed by atoms with Crippen LogP contribution in [0.3, 0.4) is 0 Å². The number of carboxylic acids is 1. The van der Waals surface area contributed by atoms with Gasteiger partial charge >= 0.3 is 5.97 Å². The first-order valence-electron chi connectivity index (χ1n) is 12.9. The molecule has 0 radical (unpaired) electrons. The molecule has 0 saturated heterocycles. The van der Waals surface area contributed by atoms with Gasteiger partial charge < -0.3 is 15.3 Å².